The highest BCUT2D eigenvalue weighted by Crippen LogP contribution is 2.22. The van der Waals surface area contributed by atoms with Crippen molar-refractivity contribution in [3.63, 3.8) is 0 Å². The van der Waals surface area contributed by atoms with Crippen LogP contribution in [0.2, 0.25) is 5.02 Å². The van der Waals surface area contributed by atoms with Gasteiger partial charge in [0.25, 0.3) is 0 Å². The molecule has 6 heteroatoms. The fourth-order valence-corrected chi connectivity index (χ4v) is 2.82. The van der Waals surface area contributed by atoms with E-state index in [9.17, 15) is 0 Å². The van der Waals surface area contributed by atoms with Crippen LogP contribution in [0.1, 0.15) is 10.7 Å². The smallest absolute Gasteiger partial charge is 0.144 e. The lowest BCUT2D eigenvalue weighted by Gasteiger charge is -2.06. The lowest BCUT2D eigenvalue weighted by Crippen LogP contribution is -2.06. The van der Waals surface area contributed by atoms with E-state index in [4.69, 9.17) is 11.6 Å². The third-order valence-corrected chi connectivity index (χ3v) is 3.85. The Hall–Kier alpha value is -0.650. The third-order valence-electron chi connectivity index (χ3n) is 2.11. The summed E-state index contributed by atoms with van der Waals surface area (Å²) >= 11 is 11.0. The van der Waals surface area contributed by atoms with Gasteiger partial charge in [0.1, 0.15) is 5.82 Å². The zero-order chi connectivity index (χ0) is 12.3. The number of rotatable bonds is 4. The molecule has 0 saturated heterocycles. The molecule has 2 aromatic rings. The summed E-state index contributed by atoms with van der Waals surface area (Å²) in [6, 6.07) is 1.82. The van der Waals surface area contributed by atoms with E-state index in [-0.39, 0.29) is 0 Å². The van der Waals surface area contributed by atoms with Crippen LogP contribution < -0.4 is 5.32 Å². The minimum absolute atomic E-state index is 0.620. The van der Waals surface area contributed by atoms with Crippen LogP contribution in [0, 0.1) is 6.92 Å². The molecular formula is C11H11BrClN3S. The largest absolute Gasteiger partial charge is 0.368 e. The van der Waals surface area contributed by atoms with E-state index in [2.05, 4.69) is 36.6 Å². The number of aryl methyl sites for hydroxylation is 1. The molecule has 0 fully saturated rings. The molecule has 0 amide bonds. The normalized spacial score (nSPS) is 10.5. The number of nitrogens with one attached hydrogen (secondary N) is 1. The Morgan fingerprint density at radius 2 is 2.35 bits per heavy atom. The Balaban J connectivity index is 1.90. The minimum Gasteiger partial charge on any atom is -0.368 e. The van der Waals surface area contributed by atoms with E-state index < -0.39 is 0 Å². The average molecular weight is 333 g/mol. The molecule has 0 saturated carbocycles. The molecule has 90 valence electrons. The first kappa shape index (κ1) is 12.8. The summed E-state index contributed by atoms with van der Waals surface area (Å²) in [5.41, 5.74) is 1.07. The van der Waals surface area contributed by atoms with Gasteiger partial charge in [0.15, 0.2) is 0 Å². The maximum absolute atomic E-state index is 6.05. The van der Waals surface area contributed by atoms with Gasteiger partial charge in [0, 0.05) is 34.7 Å². The van der Waals surface area contributed by atoms with Gasteiger partial charge in [-0.1, -0.05) is 11.6 Å². The molecular weight excluding hydrogens is 322 g/mol. The molecule has 2 aromatic heterocycles. The first-order valence-electron chi connectivity index (χ1n) is 5.11. The highest BCUT2D eigenvalue weighted by Gasteiger charge is 2.03. The van der Waals surface area contributed by atoms with Gasteiger partial charge in [-0.3, -0.25) is 0 Å². The van der Waals surface area contributed by atoms with Gasteiger partial charge in [-0.05, 0) is 28.9 Å². The van der Waals surface area contributed by atoms with Gasteiger partial charge in [-0.15, -0.1) is 11.3 Å². The molecule has 0 radical (unpaired) electrons. The van der Waals surface area contributed by atoms with Gasteiger partial charge in [-0.25, -0.2) is 9.97 Å². The number of anilines is 1. The Morgan fingerprint density at radius 1 is 1.53 bits per heavy atom. The minimum atomic E-state index is 0.620. The molecule has 2 rings (SSSR count). The van der Waals surface area contributed by atoms with Crippen LogP contribution in [0.15, 0.2) is 22.1 Å². The predicted octanol–water partition coefficient (Wildman–Crippen LogP) is 3.92. The SMILES string of the molecule is Cc1csc(CCNc2ncc(Br)cc2Cl)n1. The quantitative estimate of drug-likeness (QED) is 0.922. The molecule has 3 nitrogen and oxygen atoms in total. The van der Waals surface area contributed by atoms with Crippen LogP contribution >= 0.6 is 38.9 Å². The van der Waals surface area contributed by atoms with Crippen molar-refractivity contribution in [1.82, 2.24) is 9.97 Å². The zero-order valence-corrected chi connectivity index (χ0v) is 12.4. The average Bonchev–Trinajstić information content (AvgIpc) is 2.68. The second-order valence-corrected chi connectivity index (χ2v) is 5.81. The summed E-state index contributed by atoms with van der Waals surface area (Å²) in [4.78, 5) is 8.60. The summed E-state index contributed by atoms with van der Waals surface area (Å²) in [6.45, 7) is 2.78. The summed E-state index contributed by atoms with van der Waals surface area (Å²) in [5.74, 6) is 0.711. The van der Waals surface area contributed by atoms with Gasteiger partial charge in [-0.2, -0.15) is 0 Å². The highest BCUT2D eigenvalue weighted by atomic mass is 79.9. The number of hydrogen-bond donors (Lipinski definition) is 1. The third kappa shape index (κ3) is 3.66. The van der Waals surface area contributed by atoms with Crippen molar-refractivity contribution < 1.29 is 0 Å². The first-order chi connectivity index (χ1) is 8.15. The zero-order valence-electron chi connectivity index (χ0n) is 9.20. The number of pyridine rings is 1. The fourth-order valence-electron chi connectivity index (χ4n) is 1.35. The van der Waals surface area contributed by atoms with Crippen molar-refractivity contribution in [1.29, 1.82) is 0 Å². The molecule has 17 heavy (non-hydrogen) atoms. The molecule has 0 unspecified atom stereocenters. The Kier molecular flexibility index (Phi) is 4.36. The Labute approximate surface area is 117 Å². The van der Waals surface area contributed by atoms with E-state index in [1.807, 2.05) is 13.0 Å². The van der Waals surface area contributed by atoms with E-state index in [0.717, 1.165) is 28.1 Å². The maximum atomic E-state index is 6.05. The van der Waals surface area contributed by atoms with Crippen LogP contribution in [0.5, 0.6) is 0 Å². The Bertz CT molecular complexity index is 515. The second-order valence-electron chi connectivity index (χ2n) is 3.54. The van der Waals surface area contributed by atoms with Crippen LogP contribution in [-0.2, 0) is 6.42 Å². The standard InChI is InChI=1S/C11H11BrClN3S/c1-7-6-17-10(16-7)2-3-14-11-9(13)4-8(12)5-15-11/h4-6H,2-3H2,1H3,(H,14,15). The summed E-state index contributed by atoms with van der Waals surface area (Å²) in [6.07, 6.45) is 2.61. The van der Waals surface area contributed by atoms with Crippen LogP contribution in [0.4, 0.5) is 5.82 Å². The van der Waals surface area contributed by atoms with E-state index in [1.54, 1.807) is 17.5 Å². The number of hydrogen-bond acceptors (Lipinski definition) is 4. The molecule has 0 atom stereocenters. The highest BCUT2D eigenvalue weighted by molar-refractivity contribution is 9.10. The summed E-state index contributed by atoms with van der Waals surface area (Å²) in [7, 11) is 0. The van der Waals surface area contributed by atoms with Crippen molar-refractivity contribution in [3.05, 3.63) is 37.8 Å². The predicted molar refractivity (Wildman–Crippen MR) is 76.0 cm³/mol. The van der Waals surface area contributed by atoms with Crippen molar-refractivity contribution >= 4 is 44.7 Å². The molecule has 0 aromatic carbocycles. The fraction of sp³-hybridized carbons (Fsp3) is 0.273. The second kappa shape index (κ2) is 5.80. The first-order valence-corrected chi connectivity index (χ1v) is 7.16. The lowest BCUT2D eigenvalue weighted by molar-refractivity contribution is 0.977. The van der Waals surface area contributed by atoms with Crippen molar-refractivity contribution in [2.75, 3.05) is 11.9 Å². The van der Waals surface area contributed by atoms with Gasteiger partial charge in [0.05, 0.1) is 10.0 Å². The summed E-state index contributed by atoms with van der Waals surface area (Å²) < 4.78 is 0.878. The number of halogens is 2. The summed E-state index contributed by atoms with van der Waals surface area (Å²) in [5, 5.41) is 7.00. The van der Waals surface area contributed by atoms with Crippen molar-refractivity contribution in [2.45, 2.75) is 13.3 Å². The van der Waals surface area contributed by atoms with Crippen LogP contribution in [-0.4, -0.2) is 16.5 Å². The molecule has 0 aliphatic rings. The van der Waals surface area contributed by atoms with E-state index in [1.165, 1.54) is 0 Å². The maximum Gasteiger partial charge on any atom is 0.144 e. The van der Waals surface area contributed by atoms with Gasteiger partial charge < -0.3 is 5.32 Å². The molecule has 0 bridgehead atoms. The monoisotopic (exact) mass is 331 g/mol. The van der Waals surface area contributed by atoms with E-state index >= 15 is 0 Å². The molecule has 1 N–H and O–H groups in total. The number of aromatic nitrogens is 2. The Morgan fingerprint density at radius 3 is 3.00 bits per heavy atom. The van der Waals surface area contributed by atoms with Crippen molar-refractivity contribution in [2.24, 2.45) is 0 Å². The molecule has 0 aliphatic heterocycles. The van der Waals surface area contributed by atoms with Crippen molar-refractivity contribution in [3.8, 4) is 0 Å². The lowest BCUT2D eigenvalue weighted by atomic mass is 10.4. The van der Waals surface area contributed by atoms with Crippen LogP contribution in [0.25, 0.3) is 0 Å². The topological polar surface area (TPSA) is 37.8 Å². The number of thiazole rings is 1. The number of nitrogens with zero attached hydrogens (tertiary/aromatic N) is 2. The van der Waals surface area contributed by atoms with E-state index in [0.29, 0.717) is 10.8 Å². The van der Waals surface area contributed by atoms with Gasteiger partial charge >= 0.3 is 0 Å². The molecule has 0 spiro atoms. The van der Waals surface area contributed by atoms with Gasteiger partial charge in [0.2, 0.25) is 0 Å². The molecule has 0 aliphatic carbocycles. The van der Waals surface area contributed by atoms with Crippen LogP contribution in [0.3, 0.4) is 0 Å². The molecule has 2 heterocycles.